The van der Waals surface area contributed by atoms with E-state index in [1.54, 1.807) is 6.92 Å². The Morgan fingerprint density at radius 2 is 2.36 bits per heavy atom. The highest BCUT2D eigenvalue weighted by atomic mass is 16.5. The third-order valence-corrected chi connectivity index (χ3v) is 1.90. The Balaban J connectivity index is 2.60. The van der Waals surface area contributed by atoms with Crippen molar-refractivity contribution < 1.29 is 9.84 Å². The first-order chi connectivity index (χ1) is 5.16. The predicted octanol–water partition coefficient (Wildman–Crippen LogP) is 0.940. The second-order valence-electron chi connectivity index (χ2n) is 3.04. The summed E-state index contributed by atoms with van der Waals surface area (Å²) in [5.41, 5.74) is -0.785. The van der Waals surface area contributed by atoms with Gasteiger partial charge >= 0.3 is 0 Å². The van der Waals surface area contributed by atoms with Gasteiger partial charge in [0.15, 0.2) is 0 Å². The summed E-state index contributed by atoms with van der Waals surface area (Å²) in [6.07, 6.45) is 1.40. The fourth-order valence-corrected chi connectivity index (χ4v) is 1.41. The number of rotatable bonds is 0. The van der Waals surface area contributed by atoms with Crippen molar-refractivity contribution >= 4 is 0 Å². The van der Waals surface area contributed by atoms with Crippen molar-refractivity contribution in [3.8, 4) is 11.8 Å². The molecule has 1 aliphatic rings. The highest BCUT2D eigenvalue weighted by molar-refractivity contribution is 5.13. The molecule has 1 fully saturated rings. The fourth-order valence-electron chi connectivity index (χ4n) is 1.41. The van der Waals surface area contributed by atoms with Gasteiger partial charge in [-0.3, -0.25) is 0 Å². The van der Waals surface area contributed by atoms with E-state index < -0.39 is 5.60 Å². The summed E-state index contributed by atoms with van der Waals surface area (Å²) in [5.74, 6) is 5.56. The van der Waals surface area contributed by atoms with E-state index in [1.807, 2.05) is 6.92 Å². The van der Waals surface area contributed by atoms with E-state index in [0.29, 0.717) is 19.4 Å². The van der Waals surface area contributed by atoms with Gasteiger partial charge in [-0.25, -0.2) is 0 Å². The molecular weight excluding hydrogens is 140 g/mol. The maximum Gasteiger partial charge on any atom is 0.130 e. The minimum atomic E-state index is -0.785. The molecule has 11 heavy (non-hydrogen) atoms. The SMILES string of the molecule is CC#CC1(O)CCOC(C)C1. The van der Waals surface area contributed by atoms with Crippen LogP contribution in [0.1, 0.15) is 26.7 Å². The lowest BCUT2D eigenvalue weighted by Gasteiger charge is -2.31. The van der Waals surface area contributed by atoms with E-state index in [4.69, 9.17) is 4.74 Å². The van der Waals surface area contributed by atoms with Crippen molar-refractivity contribution in [1.29, 1.82) is 0 Å². The molecule has 1 N–H and O–H groups in total. The monoisotopic (exact) mass is 154 g/mol. The van der Waals surface area contributed by atoms with Crippen molar-refractivity contribution in [2.24, 2.45) is 0 Å². The summed E-state index contributed by atoms with van der Waals surface area (Å²) in [4.78, 5) is 0. The topological polar surface area (TPSA) is 29.5 Å². The van der Waals surface area contributed by atoms with Crippen LogP contribution in [-0.4, -0.2) is 23.4 Å². The van der Waals surface area contributed by atoms with Crippen LogP contribution in [0, 0.1) is 11.8 Å². The molecule has 0 aromatic carbocycles. The average Bonchev–Trinajstić information content (AvgIpc) is 1.86. The minimum Gasteiger partial charge on any atom is -0.378 e. The second-order valence-corrected chi connectivity index (χ2v) is 3.04. The van der Waals surface area contributed by atoms with E-state index in [1.165, 1.54) is 0 Å². The first-order valence-electron chi connectivity index (χ1n) is 3.94. The summed E-state index contributed by atoms with van der Waals surface area (Å²) >= 11 is 0. The zero-order valence-corrected chi connectivity index (χ0v) is 7.05. The summed E-state index contributed by atoms with van der Waals surface area (Å²) < 4.78 is 5.29. The van der Waals surface area contributed by atoms with E-state index in [-0.39, 0.29) is 6.10 Å². The zero-order chi connectivity index (χ0) is 8.32. The van der Waals surface area contributed by atoms with Crippen LogP contribution in [0.15, 0.2) is 0 Å². The van der Waals surface area contributed by atoms with Crippen molar-refractivity contribution in [2.45, 2.75) is 38.4 Å². The van der Waals surface area contributed by atoms with E-state index in [9.17, 15) is 5.11 Å². The number of ether oxygens (including phenoxy) is 1. The Morgan fingerprint density at radius 3 is 2.91 bits per heavy atom. The Bertz CT molecular complexity index is 189. The smallest absolute Gasteiger partial charge is 0.130 e. The van der Waals surface area contributed by atoms with Gasteiger partial charge in [0.05, 0.1) is 12.7 Å². The molecule has 1 saturated heterocycles. The van der Waals surface area contributed by atoms with Crippen molar-refractivity contribution in [2.75, 3.05) is 6.61 Å². The predicted molar refractivity (Wildman–Crippen MR) is 43.0 cm³/mol. The summed E-state index contributed by atoms with van der Waals surface area (Å²) in [6, 6.07) is 0. The van der Waals surface area contributed by atoms with Gasteiger partial charge in [0, 0.05) is 12.8 Å². The lowest BCUT2D eigenvalue weighted by molar-refractivity contribution is -0.0664. The number of hydrogen-bond donors (Lipinski definition) is 1. The van der Waals surface area contributed by atoms with Crippen LogP contribution in [0.4, 0.5) is 0 Å². The molecule has 0 saturated carbocycles. The van der Waals surface area contributed by atoms with Gasteiger partial charge in [0.1, 0.15) is 5.60 Å². The lowest BCUT2D eigenvalue weighted by atomic mass is 9.92. The normalized spacial score (nSPS) is 37.5. The van der Waals surface area contributed by atoms with Crippen LogP contribution in [0.2, 0.25) is 0 Å². The van der Waals surface area contributed by atoms with Crippen molar-refractivity contribution in [3.05, 3.63) is 0 Å². The Kier molecular flexibility index (Phi) is 2.53. The molecule has 0 radical (unpaired) electrons. The van der Waals surface area contributed by atoms with Crippen LogP contribution < -0.4 is 0 Å². The van der Waals surface area contributed by atoms with Gasteiger partial charge in [-0.1, -0.05) is 5.92 Å². The highest BCUT2D eigenvalue weighted by Crippen LogP contribution is 2.23. The largest absolute Gasteiger partial charge is 0.378 e. The Morgan fingerprint density at radius 1 is 1.64 bits per heavy atom. The van der Waals surface area contributed by atoms with E-state index in [2.05, 4.69) is 11.8 Å². The molecule has 2 nitrogen and oxygen atoms in total. The molecule has 1 heterocycles. The minimum absolute atomic E-state index is 0.134. The first-order valence-corrected chi connectivity index (χ1v) is 3.94. The Hall–Kier alpha value is -0.520. The molecule has 0 spiro atoms. The molecule has 2 atom stereocenters. The molecule has 0 bridgehead atoms. The maximum absolute atomic E-state index is 9.79. The summed E-state index contributed by atoms with van der Waals surface area (Å²) in [5, 5.41) is 9.79. The average molecular weight is 154 g/mol. The third kappa shape index (κ3) is 2.21. The summed E-state index contributed by atoms with van der Waals surface area (Å²) in [7, 11) is 0. The standard InChI is InChI=1S/C9H14O2/c1-3-4-9(10)5-6-11-8(2)7-9/h8,10H,5-7H2,1-2H3. The van der Waals surface area contributed by atoms with Crippen LogP contribution in [0.3, 0.4) is 0 Å². The molecule has 0 aliphatic carbocycles. The van der Waals surface area contributed by atoms with Crippen LogP contribution >= 0.6 is 0 Å². The van der Waals surface area contributed by atoms with Gasteiger partial charge < -0.3 is 9.84 Å². The molecule has 1 rings (SSSR count). The van der Waals surface area contributed by atoms with E-state index in [0.717, 1.165) is 0 Å². The summed E-state index contributed by atoms with van der Waals surface area (Å²) in [6.45, 7) is 4.33. The van der Waals surface area contributed by atoms with Gasteiger partial charge in [-0.05, 0) is 13.8 Å². The molecule has 0 amide bonds. The van der Waals surface area contributed by atoms with E-state index >= 15 is 0 Å². The maximum atomic E-state index is 9.79. The highest BCUT2D eigenvalue weighted by Gasteiger charge is 2.30. The van der Waals surface area contributed by atoms with Crippen LogP contribution in [0.5, 0.6) is 0 Å². The number of hydrogen-bond acceptors (Lipinski definition) is 2. The molecule has 2 heteroatoms. The molecule has 0 aromatic heterocycles. The van der Waals surface area contributed by atoms with Gasteiger partial charge in [0.25, 0.3) is 0 Å². The van der Waals surface area contributed by atoms with Gasteiger partial charge in [-0.15, -0.1) is 5.92 Å². The van der Waals surface area contributed by atoms with Crippen molar-refractivity contribution in [3.63, 3.8) is 0 Å². The van der Waals surface area contributed by atoms with Gasteiger partial charge in [0.2, 0.25) is 0 Å². The molecular formula is C9H14O2. The lowest BCUT2D eigenvalue weighted by Crippen LogP contribution is -2.38. The van der Waals surface area contributed by atoms with Crippen LogP contribution in [0.25, 0.3) is 0 Å². The first kappa shape index (κ1) is 8.58. The zero-order valence-electron chi connectivity index (χ0n) is 7.05. The molecule has 1 aliphatic heterocycles. The van der Waals surface area contributed by atoms with Crippen molar-refractivity contribution in [1.82, 2.24) is 0 Å². The Labute approximate surface area is 67.6 Å². The number of aliphatic hydroxyl groups is 1. The second kappa shape index (κ2) is 3.25. The third-order valence-electron chi connectivity index (χ3n) is 1.90. The molecule has 2 unspecified atom stereocenters. The fraction of sp³-hybridized carbons (Fsp3) is 0.778. The molecule has 0 aromatic rings. The van der Waals surface area contributed by atoms with Gasteiger partial charge in [-0.2, -0.15) is 0 Å². The molecule has 62 valence electrons. The quantitative estimate of drug-likeness (QED) is 0.526. The van der Waals surface area contributed by atoms with Crippen LogP contribution in [-0.2, 0) is 4.74 Å².